The fourth-order valence-corrected chi connectivity index (χ4v) is 2.56. The average molecular weight is 468 g/mol. The molecule has 7 heteroatoms. The molecule has 18 heavy (non-hydrogen) atoms. The third kappa shape index (κ3) is 2.46. The van der Waals surface area contributed by atoms with Gasteiger partial charge in [0.2, 0.25) is 0 Å². The molecule has 0 spiro atoms. The highest BCUT2D eigenvalue weighted by molar-refractivity contribution is 14.1. The summed E-state index contributed by atoms with van der Waals surface area (Å²) in [5, 5.41) is 11.7. The highest BCUT2D eigenvalue weighted by atomic mass is 127. The van der Waals surface area contributed by atoms with Gasteiger partial charge in [-0.3, -0.25) is 4.57 Å². The molecule has 0 fully saturated rings. The Bertz CT molecular complexity index is 622. The fraction of sp³-hybridized carbons (Fsp3) is 0.0909. The van der Waals surface area contributed by atoms with Crippen LogP contribution in [0.3, 0.4) is 0 Å². The fourth-order valence-electron chi connectivity index (χ4n) is 1.63. The number of hydrogen-bond donors (Lipinski definition) is 2. The molecule has 1 aromatic carbocycles. The standard InChI is InChI=1S/C11H10I2N4O/c1-6-4-7(2-3-8(6)11(14)16-18)17-5-15-9(12)10(17)13/h2-5,18H,1H3,(H2,14,16). The number of rotatable bonds is 2. The Morgan fingerprint density at radius 3 is 2.67 bits per heavy atom. The highest BCUT2D eigenvalue weighted by Gasteiger charge is 2.09. The van der Waals surface area contributed by atoms with Crippen LogP contribution in [0, 0.1) is 14.3 Å². The van der Waals surface area contributed by atoms with Gasteiger partial charge < -0.3 is 10.9 Å². The van der Waals surface area contributed by atoms with E-state index in [4.69, 9.17) is 10.9 Å². The summed E-state index contributed by atoms with van der Waals surface area (Å²) in [4.78, 5) is 4.25. The predicted octanol–water partition coefficient (Wildman–Crippen LogP) is 2.48. The van der Waals surface area contributed by atoms with E-state index in [1.165, 1.54) is 0 Å². The van der Waals surface area contributed by atoms with Crippen molar-refractivity contribution in [3.63, 3.8) is 0 Å². The maximum absolute atomic E-state index is 8.69. The van der Waals surface area contributed by atoms with Crippen LogP contribution in [0.25, 0.3) is 5.69 Å². The van der Waals surface area contributed by atoms with Gasteiger partial charge in [-0.2, -0.15) is 0 Å². The number of nitrogens with zero attached hydrogens (tertiary/aromatic N) is 3. The van der Waals surface area contributed by atoms with Crippen molar-refractivity contribution in [3.8, 4) is 5.69 Å². The molecule has 0 saturated heterocycles. The summed E-state index contributed by atoms with van der Waals surface area (Å²) >= 11 is 4.44. The van der Waals surface area contributed by atoms with Crippen molar-refractivity contribution in [1.29, 1.82) is 0 Å². The molecule has 94 valence electrons. The number of amidine groups is 1. The number of imidazole rings is 1. The molecular formula is C11H10I2N4O. The molecule has 0 unspecified atom stereocenters. The Hall–Kier alpha value is -0.840. The van der Waals surface area contributed by atoms with Crippen molar-refractivity contribution in [3.05, 3.63) is 43.1 Å². The van der Waals surface area contributed by atoms with Gasteiger partial charge in [-0.25, -0.2) is 4.98 Å². The molecule has 0 bridgehead atoms. The van der Waals surface area contributed by atoms with Crippen molar-refractivity contribution in [1.82, 2.24) is 9.55 Å². The molecule has 1 aromatic heterocycles. The van der Waals surface area contributed by atoms with Gasteiger partial charge in [0.15, 0.2) is 5.84 Å². The molecule has 0 amide bonds. The number of aryl methyl sites for hydroxylation is 1. The topological polar surface area (TPSA) is 76.4 Å². The summed E-state index contributed by atoms with van der Waals surface area (Å²) in [6, 6.07) is 5.73. The number of oxime groups is 1. The van der Waals surface area contributed by atoms with Crippen LogP contribution in [0.1, 0.15) is 11.1 Å². The second-order valence-corrected chi connectivity index (χ2v) is 5.72. The number of nitrogens with two attached hydrogens (primary N) is 1. The van der Waals surface area contributed by atoms with Crippen molar-refractivity contribution >= 4 is 51.0 Å². The molecule has 5 nitrogen and oxygen atoms in total. The van der Waals surface area contributed by atoms with E-state index in [1.807, 2.05) is 29.7 Å². The van der Waals surface area contributed by atoms with E-state index in [9.17, 15) is 0 Å². The number of aromatic nitrogens is 2. The molecule has 0 saturated carbocycles. The van der Waals surface area contributed by atoms with Crippen molar-refractivity contribution in [2.45, 2.75) is 6.92 Å². The SMILES string of the molecule is Cc1cc(-n2cnc(I)c2I)ccc1/C(N)=N/O. The third-order valence-electron chi connectivity index (χ3n) is 2.54. The molecule has 2 rings (SSSR count). The molecule has 2 aromatic rings. The van der Waals surface area contributed by atoms with Crippen molar-refractivity contribution in [2.24, 2.45) is 10.9 Å². The Morgan fingerprint density at radius 2 is 2.17 bits per heavy atom. The van der Waals surface area contributed by atoms with Crippen LogP contribution in [0.15, 0.2) is 29.7 Å². The minimum Gasteiger partial charge on any atom is -0.409 e. The summed E-state index contributed by atoms with van der Waals surface area (Å²) in [5.74, 6) is 0.119. The van der Waals surface area contributed by atoms with Gasteiger partial charge in [0.25, 0.3) is 0 Å². The van der Waals surface area contributed by atoms with Gasteiger partial charge in [0, 0.05) is 11.3 Å². The minimum absolute atomic E-state index is 0.119. The first-order chi connectivity index (χ1) is 8.54. The molecule has 0 radical (unpaired) electrons. The Balaban J connectivity index is 2.50. The Kier molecular flexibility index (Phi) is 4.10. The lowest BCUT2D eigenvalue weighted by Gasteiger charge is -2.09. The van der Waals surface area contributed by atoms with Gasteiger partial charge >= 0.3 is 0 Å². The molecule has 0 aliphatic rings. The molecular weight excluding hydrogens is 458 g/mol. The number of halogens is 2. The summed E-state index contributed by atoms with van der Waals surface area (Å²) in [7, 11) is 0. The average Bonchev–Trinajstić information content (AvgIpc) is 2.69. The summed E-state index contributed by atoms with van der Waals surface area (Å²) in [6.45, 7) is 1.92. The van der Waals surface area contributed by atoms with Crippen LogP contribution in [-0.2, 0) is 0 Å². The van der Waals surface area contributed by atoms with Crippen LogP contribution in [0.5, 0.6) is 0 Å². The Morgan fingerprint density at radius 1 is 1.44 bits per heavy atom. The van der Waals surface area contributed by atoms with Gasteiger partial charge in [0.1, 0.15) is 13.7 Å². The minimum atomic E-state index is 0.119. The van der Waals surface area contributed by atoms with E-state index < -0.39 is 0 Å². The molecule has 0 aliphatic carbocycles. The van der Waals surface area contributed by atoms with E-state index in [2.05, 4.69) is 55.3 Å². The quantitative estimate of drug-likeness (QED) is 0.234. The second-order valence-electron chi connectivity index (χ2n) is 3.68. The highest BCUT2D eigenvalue weighted by Crippen LogP contribution is 2.20. The monoisotopic (exact) mass is 468 g/mol. The summed E-state index contributed by atoms with van der Waals surface area (Å²) < 4.78 is 4.02. The van der Waals surface area contributed by atoms with Gasteiger partial charge in [-0.1, -0.05) is 5.16 Å². The van der Waals surface area contributed by atoms with E-state index in [0.29, 0.717) is 0 Å². The molecule has 0 aliphatic heterocycles. The Labute approximate surface area is 131 Å². The van der Waals surface area contributed by atoms with Crippen LogP contribution < -0.4 is 5.73 Å². The molecule has 3 N–H and O–H groups in total. The predicted molar refractivity (Wildman–Crippen MR) is 86.2 cm³/mol. The van der Waals surface area contributed by atoms with Gasteiger partial charge in [-0.05, 0) is 75.9 Å². The lowest BCUT2D eigenvalue weighted by atomic mass is 10.1. The van der Waals surface area contributed by atoms with Gasteiger partial charge in [-0.15, -0.1) is 0 Å². The zero-order valence-electron chi connectivity index (χ0n) is 9.43. The van der Waals surface area contributed by atoms with Crippen LogP contribution in [0.2, 0.25) is 0 Å². The smallest absolute Gasteiger partial charge is 0.170 e. The van der Waals surface area contributed by atoms with E-state index in [1.54, 1.807) is 6.33 Å². The van der Waals surface area contributed by atoms with Crippen LogP contribution in [-0.4, -0.2) is 20.6 Å². The second kappa shape index (κ2) is 5.43. The first-order valence-corrected chi connectivity index (χ1v) is 7.17. The largest absolute Gasteiger partial charge is 0.409 e. The third-order valence-corrected chi connectivity index (χ3v) is 5.39. The first-order valence-electron chi connectivity index (χ1n) is 5.02. The first kappa shape index (κ1) is 13.6. The van der Waals surface area contributed by atoms with E-state index >= 15 is 0 Å². The van der Waals surface area contributed by atoms with Crippen LogP contribution in [0.4, 0.5) is 0 Å². The maximum Gasteiger partial charge on any atom is 0.170 e. The lowest BCUT2D eigenvalue weighted by Crippen LogP contribution is -2.14. The zero-order chi connectivity index (χ0) is 13.3. The van der Waals surface area contributed by atoms with Crippen LogP contribution >= 0.6 is 45.2 Å². The number of benzene rings is 1. The zero-order valence-corrected chi connectivity index (χ0v) is 13.7. The molecule has 0 atom stereocenters. The summed E-state index contributed by atoms with van der Waals surface area (Å²) in [5.41, 5.74) is 8.27. The van der Waals surface area contributed by atoms with Crippen molar-refractivity contribution in [2.75, 3.05) is 0 Å². The van der Waals surface area contributed by atoms with Crippen molar-refractivity contribution < 1.29 is 5.21 Å². The summed E-state index contributed by atoms with van der Waals surface area (Å²) in [6.07, 6.45) is 1.78. The molecule has 1 heterocycles. The van der Waals surface area contributed by atoms with E-state index in [0.717, 1.165) is 24.2 Å². The number of hydrogen-bond acceptors (Lipinski definition) is 3. The maximum atomic E-state index is 8.69. The van der Waals surface area contributed by atoms with E-state index in [-0.39, 0.29) is 5.84 Å². The lowest BCUT2D eigenvalue weighted by molar-refractivity contribution is 0.318. The van der Waals surface area contributed by atoms with Gasteiger partial charge in [0.05, 0.1) is 0 Å². The normalized spacial score (nSPS) is 11.8.